The van der Waals surface area contributed by atoms with Crippen LogP contribution in [-0.4, -0.2) is 53.5 Å². The lowest BCUT2D eigenvalue weighted by Crippen LogP contribution is -2.44. The van der Waals surface area contributed by atoms with Crippen molar-refractivity contribution in [3.8, 4) is 23.0 Å². The first-order valence-corrected chi connectivity index (χ1v) is 12.9. The van der Waals surface area contributed by atoms with E-state index in [2.05, 4.69) is 15.0 Å². The molecule has 0 radical (unpaired) electrons. The second-order valence-electron chi connectivity index (χ2n) is 8.23. The van der Waals surface area contributed by atoms with Crippen LogP contribution < -0.4 is 29.9 Å². The second kappa shape index (κ2) is 11.8. The van der Waals surface area contributed by atoms with Gasteiger partial charge >= 0.3 is 13.5 Å². The van der Waals surface area contributed by atoms with E-state index in [1.165, 1.54) is 68.8 Å². The molecule has 0 saturated carbocycles. The minimum Gasteiger partial charge on any atom is -0.497 e. The van der Waals surface area contributed by atoms with E-state index in [1.807, 2.05) is 0 Å². The van der Waals surface area contributed by atoms with Gasteiger partial charge in [-0.1, -0.05) is 5.11 Å². The number of rotatable bonds is 11. The summed E-state index contributed by atoms with van der Waals surface area (Å²) >= 11 is 0. The fourth-order valence-corrected chi connectivity index (χ4v) is 4.90. The molecule has 0 aliphatic carbocycles. The smallest absolute Gasteiger partial charge is 0.497 e. The number of phosphoric ester groups is 1. The molecule has 4 rings (SSSR count). The molecule has 2 aromatic carbocycles. The van der Waals surface area contributed by atoms with Crippen LogP contribution in [0.3, 0.4) is 0 Å². The number of aliphatic hydroxyl groups is 1. The fourth-order valence-electron chi connectivity index (χ4n) is 3.66. The van der Waals surface area contributed by atoms with Crippen molar-refractivity contribution in [2.75, 3.05) is 26.6 Å². The first kappa shape index (κ1) is 28.7. The highest BCUT2D eigenvalue weighted by molar-refractivity contribution is 7.49. The Labute approximate surface area is 226 Å². The maximum Gasteiger partial charge on any atom is 0.587 e. The van der Waals surface area contributed by atoms with Crippen LogP contribution >= 0.6 is 7.82 Å². The minimum atomic E-state index is -4.66. The van der Waals surface area contributed by atoms with E-state index < -0.39 is 44.3 Å². The van der Waals surface area contributed by atoms with Gasteiger partial charge in [0.1, 0.15) is 34.9 Å². The number of nitrogens with zero attached hydrogens (tertiary/aromatic N) is 5. The lowest BCUT2D eigenvalue weighted by molar-refractivity contribution is -0.122. The molecule has 15 nitrogen and oxygen atoms in total. The normalized spacial score (nSPS) is 22.2. The monoisotopic (exact) mass is 578 g/mol. The molecule has 0 bridgehead atoms. The minimum absolute atomic E-state index is 0.0316. The van der Waals surface area contributed by atoms with Gasteiger partial charge < -0.3 is 34.1 Å². The number of anilines is 1. The summed E-state index contributed by atoms with van der Waals surface area (Å²) in [6.07, 6.45) is -5.18. The highest BCUT2D eigenvalue weighted by atomic mass is 31.2. The number of halogens is 1. The molecular formula is C23H24FN6O9P. The number of methoxy groups -OCH3 is 2. The number of hydrogen-bond acceptors (Lipinski definition) is 12. The van der Waals surface area contributed by atoms with E-state index in [9.17, 15) is 20.0 Å². The summed E-state index contributed by atoms with van der Waals surface area (Å²) in [7, 11) is -1.74. The number of benzene rings is 2. The summed E-state index contributed by atoms with van der Waals surface area (Å²) in [6, 6.07) is 13.0. The van der Waals surface area contributed by atoms with Crippen LogP contribution in [0, 0.1) is 0 Å². The molecule has 3 N–H and O–H groups in total. The third kappa shape index (κ3) is 6.11. The maximum atomic E-state index is 15.2. The number of aliphatic hydroxyl groups excluding tert-OH is 1. The molecule has 3 aromatic rings. The summed E-state index contributed by atoms with van der Waals surface area (Å²) in [4.78, 5) is 18.4. The van der Waals surface area contributed by atoms with Gasteiger partial charge in [0, 0.05) is 11.1 Å². The van der Waals surface area contributed by atoms with Gasteiger partial charge in [0.25, 0.3) is 0 Å². The lowest BCUT2D eigenvalue weighted by Gasteiger charge is -2.28. The van der Waals surface area contributed by atoms with E-state index >= 15 is 4.39 Å². The van der Waals surface area contributed by atoms with Crippen LogP contribution in [0.1, 0.15) is 6.23 Å². The van der Waals surface area contributed by atoms with Crippen molar-refractivity contribution < 1.29 is 41.8 Å². The highest BCUT2D eigenvalue weighted by Gasteiger charge is 2.57. The van der Waals surface area contributed by atoms with Gasteiger partial charge in [-0.2, -0.15) is 4.98 Å². The zero-order valence-electron chi connectivity index (χ0n) is 21.1. The summed E-state index contributed by atoms with van der Waals surface area (Å²) in [6.45, 7) is -1.02. The van der Waals surface area contributed by atoms with E-state index in [-0.39, 0.29) is 17.3 Å². The molecule has 0 spiro atoms. The van der Waals surface area contributed by atoms with Crippen LogP contribution in [0.4, 0.5) is 10.2 Å². The van der Waals surface area contributed by atoms with Crippen molar-refractivity contribution in [1.29, 1.82) is 0 Å². The number of aromatic nitrogens is 2. The van der Waals surface area contributed by atoms with Gasteiger partial charge in [-0.25, -0.2) is 13.8 Å². The quantitative estimate of drug-likeness (QED) is 0.146. The van der Waals surface area contributed by atoms with Crippen LogP contribution in [0.5, 0.6) is 23.0 Å². The zero-order valence-corrected chi connectivity index (χ0v) is 22.0. The van der Waals surface area contributed by atoms with Gasteiger partial charge in [-0.3, -0.25) is 9.09 Å². The third-order valence-corrected chi connectivity index (χ3v) is 7.00. The van der Waals surface area contributed by atoms with Crippen molar-refractivity contribution in [3.63, 3.8) is 0 Å². The van der Waals surface area contributed by atoms with Gasteiger partial charge in [-0.05, 0) is 60.1 Å². The van der Waals surface area contributed by atoms with Gasteiger partial charge in [0.15, 0.2) is 12.4 Å². The van der Waals surface area contributed by atoms with Gasteiger partial charge in [-0.15, -0.1) is 0 Å². The van der Waals surface area contributed by atoms with E-state index in [4.69, 9.17) is 33.5 Å². The molecule has 1 aliphatic heterocycles. The Morgan fingerprint density at radius 3 is 2.10 bits per heavy atom. The molecule has 0 unspecified atom stereocenters. The standard InChI is InChI=1S/C23H24FN6O9P/c1-34-14-3-7-16(8-4-14)38-40(33,39-17-9-5-15(35-2)6-10-17)36-13-23(28-29-26)20(31)19(24)21(37-23)30-12-11-18(25)27-22(30)32/h3-12,19-21,31H,13H2,1-2H3,(H2,25,27,32)/t19-,20+,21-,23-/m1/s1. The largest absolute Gasteiger partial charge is 0.587 e. The Morgan fingerprint density at radius 2 is 1.62 bits per heavy atom. The van der Waals surface area contributed by atoms with Crippen LogP contribution in [-0.2, 0) is 13.8 Å². The number of hydrogen-bond donors (Lipinski definition) is 2. The Hall–Kier alpha value is -4.33. The molecule has 17 heteroatoms. The molecular weight excluding hydrogens is 554 g/mol. The highest BCUT2D eigenvalue weighted by Crippen LogP contribution is 2.52. The topological polar surface area (TPSA) is 202 Å². The molecule has 0 amide bonds. The Balaban J connectivity index is 1.64. The van der Waals surface area contributed by atoms with E-state index in [0.717, 1.165) is 6.20 Å². The predicted molar refractivity (Wildman–Crippen MR) is 137 cm³/mol. The van der Waals surface area contributed by atoms with Gasteiger partial charge in [0.2, 0.25) is 5.72 Å². The van der Waals surface area contributed by atoms with Crippen molar-refractivity contribution in [2.45, 2.75) is 24.2 Å². The molecule has 40 heavy (non-hydrogen) atoms. The molecule has 1 aliphatic rings. The SMILES string of the molecule is COc1ccc(OP(=O)(OC[C@@]2(N=[N+]=[N-])O[C@@H](n3ccc(N)nc3=O)[C@H](F)[C@@H]2O)Oc2ccc(OC)cc2)cc1. The number of phosphoric acid groups is 1. The zero-order chi connectivity index (χ0) is 28.9. The van der Waals surface area contributed by atoms with Crippen LogP contribution in [0.2, 0.25) is 0 Å². The first-order valence-electron chi connectivity index (χ1n) is 11.4. The fraction of sp³-hybridized carbons (Fsp3) is 0.304. The number of azide groups is 1. The second-order valence-corrected chi connectivity index (χ2v) is 9.75. The lowest BCUT2D eigenvalue weighted by atomic mass is 10.1. The van der Waals surface area contributed by atoms with Crippen LogP contribution in [0.15, 0.2) is 70.7 Å². The summed E-state index contributed by atoms with van der Waals surface area (Å²) in [5, 5.41) is 14.1. The number of alkyl halides is 1. The Bertz CT molecular complexity index is 1430. The van der Waals surface area contributed by atoms with E-state index in [0.29, 0.717) is 16.1 Å². The van der Waals surface area contributed by atoms with E-state index in [1.54, 1.807) is 0 Å². The Morgan fingerprint density at radius 1 is 1.10 bits per heavy atom. The van der Waals surface area contributed by atoms with Crippen molar-refractivity contribution in [1.82, 2.24) is 9.55 Å². The van der Waals surface area contributed by atoms with Crippen LogP contribution in [0.25, 0.3) is 10.4 Å². The average molecular weight is 578 g/mol. The number of nitrogen functional groups attached to an aromatic ring is 1. The Kier molecular flexibility index (Phi) is 8.47. The van der Waals surface area contributed by atoms with Gasteiger partial charge in [0.05, 0.1) is 20.8 Å². The molecule has 4 atom stereocenters. The maximum absolute atomic E-state index is 15.2. The molecule has 1 aromatic heterocycles. The summed E-state index contributed by atoms with van der Waals surface area (Å²) in [5.74, 6) is 0.896. The summed E-state index contributed by atoms with van der Waals surface area (Å²) < 4.78 is 62.0. The van der Waals surface area contributed by atoms with Crippen molar-refractivity contribution in [2.24, 2.45) is 5.11 Å². The number of ether oxygens (including phenoxy) is 3. The van der Waals surface area contributed by atoms with Crippen molar-refractivity contribution >= 4 is 13.6 Å². The molecule has 212 valence electrons. The molecule has 2 heterocycles. The van der Waals surface area contributed by atoms with Crippen molar-refractivity contribution in [3.05, 3.63) is 81.7 Å². The molecule has 1 saturated heterocycles. The number of nitrogens with two attached hydrogens (primary N) is 1. The molecule has 1 fully saturated rings. The first-order chi connectivity index (χ1) is 19.1. The summed E-state index contributed by atoms with van der Waals surface area (Å²) in [5.41, 5.74) is 11.2. The predicted octanol–water partition coefficient (Wildman–Crippen LogP) is 3.36. The average Bonchev–Trinajstić information content (AvgIpc) is 3.18. The third-order valence-electron chi connectivity index (χ3n) is 5.68.